The standard InChI is InChI=1S/C18H25BO2S/c1-6-22-14-16(13-12-15-10-8-7-9-11-15)19-20-17(2,3)18(4,5)21-19/h7-14H,6H2,1-5H3/b13-12+,16-14-. The summed E-state index contributed by atoms with van der Waals surface area (Å²) < 4.78 is 12.3. The van der Waals surface area contributed by atoms with E-state index in [2.05, 4.69) is 64.3 Å². The van der Waals surface area contributed by atoms with Crippen molar-refractivity contribution >= 4 is 25.0 Å². The third-order valence-corrected chi connectivity index (χ3v) is 4.95. The van der Waals surface area contributed by atoms with Gasteiger partial charge < -0.3 is 9.31 Å². The van der Waals surface area contributed by atoms with Gasteiger partial charge in [-0.2, -0.15) is 0 Å². The first-order valence-corrected chi connectivity index (χ1v) is 8.81. The second kappa shape index (κ2) is 7.07. The number of thioether (sulfide) groups is 1. The Morgan fingerprint density at radius 1 is 1.09 bits per heavy atom. The first-order chi connectivity index (χ1) is 10.4. The van der Waals surface area contributed by atoms with Gasteiger partial charge >= 0.3 is 7.12 Å². The van der Waals surface area contributed by atoms with E-state index in [-0.39, 0.29) is 18.3 Å². The van der Waals surface area contributed by atoms with Gasteiger partial charge in [-0.1, -0.05) is 49.4 Å². The molecule has 0 aliphatic carbocycles. The minimum absolute atomic E-state index is 0.311. The Morgan fingerprint density at radius 3 is 2.23 bits per heavy atom. The highest BCUT2D eigenvalue weighted by atomic mass is 32.2. The topological polar surface area (TPSA) is 18.5 Å². The quantitative estimate of drug-likeness (QED) is 0.564. The van der Waals surface area contributed by atoms with Gasteiger partial charge in [0.25, 0.3) is 0 Å². The summed E-state index contributed by atoms with van der Waals surface area (Å²) in [4.78, 5) is 0. The van der Waals surface area contributed by atoms with Crippen molar-refractivity contribution in [3.8, 4) is 0 Å². The highest BCUT2D eigenvalue weighted by Gasteiger charge is 2.51. The van der Waals surface area contributed by atoms with E-state index >= 15 is 0 Å². The number of hydrogen-bond acceptors (Lipinski definition) is 3. The van der Waals surface area contributed by atoms with Crippen molar-refractivity contribution in [1.29, 1.82) is 0 Å². The van der Waals surface area contributed by atoms with Crippen LogP contribution in [0.4, 0.5) is 0 Å². The van der Waals surface area contributed by atoms with Crippen LogP contribution in [-0.2, 0) is 9.31 Å². The van der Waals surface area contributed by atoms with Gasteiger partial charge in [-0.05, 0) is 49.9 Å². The number of rotatable bonds is 5. The van der Waals surface area contributed by atoms with Crippen molar-refractivity contribution in [2.24, 2.45) is 0 Å². The van der Waals surface area contributed by atoms with Crippen LogP contribution in [0.15, 0.2) is 47.3 Å². The van der Waals surface area contributed by atoms with Crippen LogP contribution < -0.4 is 0 Å². The summed E-state index contributed by atoms with van der Waals surface area (Å²) >= 11 is 1.77. The molecule has 1 aliphatic heterocycles. The minimum atomic E-state index is -0.316. The van der Waals surface area contributed by atoms with Crippen LogP contribution in [0.3, 0.4) is 0 Å². The van der Waals surface area contributed by atoms with Crippen molar-refractivity contribution in [1.82, 2.24) is 0 Å². The van der Waals surface area contributed by atoms with Crippen molar-refractivity contribution in [2.45, 2.75) is 45.8 Å². The summed E-state index contributed by atoms with van der Waals surface area (Å²) in [6, 6.07) is 10.3. The highest BCUT2D eigenvalue weighted by Crippen LogP contribution is 2.39. The smallest absolute Gasteiger partial charge is 0.399 e. The summed E-state index contributed by atoms with van der Waals surface area (Å²) in [6.07, 6.45) is 4.20. The van der Waals surface area contributed by atoms with E-state index in [0.717, 1.165) is 11.2 Å². The molecule has 22 heavy (non-hydrogen) atoms. The Hall–Kier alpha value is -0.965. The molecule has 4 heteroatoms. The predicted octanol–water partition coefficient (Wildman–Crippen LogP) is 4.97. The molecule has 1 fully saturated rings. The van der Waals surface area contributed by atoms with Crippen LogP contribution in [0, 0.1) is 0 Å². The zero-order valence-corrected chi connectivity index (χ0v) is 14.9. The molecular formula is C18H25BO2S. The Balaban J connectivity index is 2.20. The average molecular weight is 316 g/mol. The van der Waals surface area contributed by atoms with E-state index in [1.807, 2.05) is 18.2 Å². The number of benzene rings is 1. The second-order valence-electron chi connectivity index (χ2n) is 6.41. The largest absolute Gasteiger partial charge is 0.495 e. The molecule has 0 amide bonds. The van der Waals surface area contributed by atoms with Gasteiger partial charge in [-0.25, -0.2) is 0 Å². The molecule has 1 aromatic rings. The predicted molar refractivity (Wildman–Crippen MR) is 97.8 cm³/mol. The molecule has 0 atom stereocenters. The number of allylic oxidation sites excluding steroid dienone is 2. The molecule has 1 saturated heterocycles. The molecule has 1 aromatic carbocycles. The molecule has 2 nitrogen and oxygen atoms in total. The second-order valence-corrected chi connectivity index (χ2v) is 7.55. The van der Waals surface area contributed by atoms with E-state index in [1.54, 1.807) is 11.8 Å². The van der Waals surface area contributed by atoms with Gasteiger partial charge in [0.05, 0.1) is 11.2 Å². The van der Waals surface area contributed by atoms with E-state index in [4.69, 9.17) is 9.31 Å². The van der Waals surface area contributed by atoms with Crippen molar-refractivity contribution in [3.05, 3.63) is 52.9 Å². The molecule has 2 rings (SSSR count). The summed E-state index contributed by atoms with van der Waals surface area (Å²) in [6.45, 7) is 10.5. The third-order valence-electron chi connectivity index (χ3n) is 4.18. The fourth-order valence-electron chi connectivity index (χ4n) is 2.09. The van der Waals surface area contributed by atoms with Crippen LogP contribution in [0.1, 0.15) is 40.2 Å². The first kappa shape index (κ1) is 17.4. The molecule has 0 radical (unpaired) electrons. The molecule has 0 unspecified atom stereocenters. The lowest BCUT2D eigenvalue weighted by Crippen LogP contribution is -2.41. The molecule has 0 N–H and O–H groups in total. The Morgan fingerprint density at radius 2 is 1.68 bits per heavy atom. The molecule has 1 heterocycles. The Bertz CT molecular complexity index is 533. The summed E-state index contributed by atoms with van der Waals surface area (Å²) in [5.41, 5.74) is 1.61. The zero-order valence-electron chi connectivity index (χ0n) is 14.1. The molecule has 0 saturated carbocycles. The van der Waals surface area contributed by atoms with Gasteiger partial charge in [0, 0.05) is 0 Å². The molecule has 0 bridgehead atoms. The normalized spacial score (nSPS) is 20.8. The van der Waals surface area contributed by atoms with Gasteiger partial charge in [0.1, 0.15) is 0 Å². The number of hydrogen-bond donors (Lipinski definition) is 0. The highest BCUT2D eigenvalue weighted by molar-refractivity contribution is 8.02. The monoisotopic (exact) mass is 316 g/mol. The molecular weight excluding hydrogens is 291 g/mol. The lowest BCUT2D eigenvalue weighted by molar-refractivity contribution is 0.00578. The molecule has 0 spiro atoms. The van der Waals surface area contributed by atoms with Crippen LogP contribution in [-0.4, -0.2) is 24.1 Å². The lowest BCUT2D eigenvalue weighted by Gasteiger charge is -2.32. The summed E-state index contributed by atoms with van der Waals surface area (Å²) in [5, 5.41) is 2.14. The average Bonchev–Trinajstić information content (AvgIpc) is 2.68. The van der Waals surface area contributed by atoms with Gasteiger partial charge in [-0.3, -0.25) is 0 Å². The van der Waals surface area contributed by atoms with Gasteiger partial charge in [0.2, 0.25) is 0 Å². The van der Waals surface area contributed by atoms with Crippen molar-refractivity contribution in [2.75, 3.05) is 5.75 Å². The maximum absolute atomic E-state index is 6.16. The van der Waals surface area contributed by atoms with E-state index in [9.17, 15) is 0 Å². The Kier molecular flexibility index (Phi) is 5.59. The maximum Gasteiger partial charge on any atom is 0.495 e. The summed E-state index contributed by atoms with van der Waals surface area (Å²) in [7, 11) is -0.316. The molecule has 0 aromatic heterocycles. The van der Waals surface area contributed by atoms with E-state index in [0.29, 0.717) is 0 Å². The van der Waals surface area contributed by atoms with Crippen molar-refractivity contribution in [3.63, 3.8) is 0 Å². The lowest BCUT2D eigenvalue weighted by atomic mass is 9.79. The van der Waals surface area contributed by atoms with E-state index < -0.39 is 0 Å². The van der Waals surface area contributed by atoms with Gasteiger partial charge in [-0.15, -0.1) is 11.8 Å². The minimum Gasteiger partial charge on any atom is -0.399 e. The van der Waals surface area contributed by atoms with Crippen LogP contribution in [0.25, 0.3) is 6.08 Å². The fourth-order valence-corrected chi connectivity index (χ4v) is 2.64. The SMILES string of the molecule is CCS/C=C(/C=C/c1ccccc1)B1OC(C)(C)C(C)(C)O1. The Labute approximate surface area is 139 Å². The van der Waals surface area contributed by atoms with Crippen LogP contribution in [0.2, 0.25) is 0 Å². The summed E-state index contributed by atoms with van der Waals surface area (Å²) in [5.74, 6) is 1.03. The zero-order chi connectivity index (χ0) is 16.2. The van der Waals surface area contributed by atoms with E-state index in [1.165, 1.54) is 5.56 Å². The van der Waals surface area contributed by atoms with Crippen molar-refractivity contribution < 1.29 is 9.31 Å². The third kappa shape index (κ3) is 4.06. The first-order valence-electron chi connectivity index (χ1n) is 7.76. The van der Waals surface area contributed by atoms with Crippen LogP contribution in [0.5, 0.6) is 0 Å². The maximum atomic E-state index is 6.16. The van der Waals surface area contributed by atoms with Crippen LogP contribution >= 0.6 is 11.8 Å². The molecule has 118 valence electrons. The fraction of sp³-hybridized carbons (Fsp3) is 0.444. The molecule has 1 aliphatic rings. The van der Waals surface area contributed by atoms with Gasteiger partial charge in [0.15, 0.2) is 0 Å².